The van der Waals surface area contributed by atoms with Gasteiger partial charge >= 0.3 is 12.0 Å². The van der Waals surface area contributed by atoms with Crippen molar-refractivity contribution in [3.8, 4) is 0 Å². The number of amides is 3. The van der Waals surface area contributed by atoms with Crippen LogP contribution in [-0.4, -0.2) is 73.6 Å². The summed E-state index contributed by atoms with van der Waals surface area (Å²) in [6, 6.07) is 33.9. The number of likely N-dealkylation sites (N-methyl/N-ethyl adjacent to an activating group) is 1. The van der Waals surface area contributed by atoms with Gasteiger partial charge in [0.25, 0.3) is 0 Å². The zero-order valence-electron chi connectivity index (χ0n) is 27.9. The van der Waals surface area contributed by atoms with Crippen molar-refractivity contribution in [1.29, 1.82) is 0 Å². The van der Waals surface area contributed by atoms with E-state index in [0.717, 1.165) is 22.3 Å². The highest BCUT2D eigenvalue weighted by Gasteiger charge is 2.55. The molecule has 0 aromatic heterocycles. The van der Waals surface area contributed by atoms with Crippen LogP contribution in [0.3, 0.4) is 0 Å². The lowest BCUT2D eigenvalue weighted by molar-refractivity contribution is -0.152. The highest BCUT2D eigenvalue weighted by molar-refractivity contribution is 5.98. The predicted octanol–water partition coefficient (Wildman–Crippen LogP) is 6.04. The summed E-state index contributed by atoms with van der Waals surface area (Å²) in [6.07, 6.45) is 1.01. The summed E-state index contributed by atoms with van der Waals surface area (Å²) in [5.74, 6) is -1.68. The van der Waals surface area contributed by atoms with Gasteiger partial charge in [0.2, 0.25) is 5.91 Å². The number of aliphatic carboxylic acids is 1. The van der Waals surface area contributed by atoms with Gasteiger partial charge in [0.15, 0.2) is 6.04 Å². The minimum absolute atomic E-state index is 0.0385. The van der Waals surface area contributed by atoms with Gasteiger partial charge in [-0.25, -0.2) is 9.59 Å². The molecule has 0 spiro atoms. The Labute approximate surface area is 283 Å². The second-order valence-electron chi connectivity index (χ2n) is 13.3. The van der Waals surface area contributed by atoms with E-state index in [1.807, 2.05) is 135 Å². The number of benzene rings is 4. The number of aliphatic hydroxyl groups is 1. The molecule has 1 fully saturated rings. The van der Waals surface area contributed by atoms with Gasteiger partial charge in [-0.15, -0.1) is 0 Å². The van der Waals surface area contributed by atoms with Gasteiger partial charge in [0, 0.05) is 33.0 Å². The van der Waals surface area contributed by atoms with Crippen LogP contribution in [0.1, 0.15) is 42.5 Å². The number of nitrogens with zero attached hydrogens (tertiary/aromatic N) is 3. The van der Waals surface area contributed by atoms with Crippen LogP contribution in [0.25, 0.3) is 0 Å². The molecular weight excluding hydrogens is 602 g/mol. The van der Waals surface area contributed by atoms with E-state index in [2.05, 4.69) is 0 Å². The van der Waals surface area contributed by atoms with Gasteiger partial charge in [-0.2, -0.15) is 0 Å². The summed E-state index contributed by atoms with van der Waals surface area (Å²) in [4.78, 5) is 46.3. The first kappa shape index (κ1) is 34.4. The van der Waals surface area contributed by atoms with Crippen molar-refractivity contribution >= 4 is 17.9 Å². The first-order chi connectivity index (χ1) is 23.1. The SMILES string of the molecule is CC(C)CC(N(C)C(=O)[C@@H]1[C@H](C(=O)O)N(Cc2ccccc2)C(=O)N1Cc1ccccc1)C(O)(Cc1ccccc1)Cc1ccccc1. The van der Waals surface area contributed by atoms with Crippen molar-refractivity contribution < 1.29 is 24.6 Å². The Kier molecular flexibility index (Phi) is 11.0. The second kappa shape index (κ2) is 15.3. The predicted molar refractivity (Wildman–Crippen MR) is 186 cm³/mol. The molecule has 250 valence electrons. The summed E-state index contributed by atoms with van der Waals surface area (Å²) < 4.78 is 0. The van der Waals surface area contributed by atoms with Crippen LogP contribution >= 0.6 is 0 Å². The number of hydrogen-bond donors (Lipinski definition) is 2. The van der Waals surface area contributed by atoms with Gasteiger partial charge in [0.05, 0.1) is 11.6 Å². The van der Waals surface area contributed by atoms with Crippen LogP contribution in [0.4, 0.5) is 4.79 Å². The smallest absolute Gasteiger partial charge is 0.329 e. The van der Waals surface area contributed by atoms with Gasteiger partial charge < -0.3 is 24.9 Å². The number of hydrogen-bond acceptors (Lipinski definition) is 4. The molecule has 8 nitrogen and oxygen atoms in total. The molecule has 8 heteroatoms. The minimum atomic E-state index is -1.44. The third-order valence-corrected chi connectivity index (χ3v) is 9.20. The number of rotatable bonds is 14. The van der Waals surface area contributed by atoms with Gasteiger partial charge in [-0.1, -0.05) is 135 Å². The number of carboxylic acid groups (broad SMARTS) is 1. The molecule has 4 aromatic carbocycles. The lowest BCUT2D eigenvalue weighted by Crippen LogP contribution is -2.61. The normalized spacial score (nSPS) is 17.1. The van der Waals surface area contributed by atoms with Crippen molar-refractivity contribution in [2.24, 2.45) is 5.92 Å². The molecule has 1 aliphatic heterocycles. The molecule has 3 amide bonds. The molecule has 48 heavy (non-hydrogen) atoms. The standard InChI is InChI=1S/C40H45N3O5/c1-29(2)24-34(40(48,25-30-16-8-4-9-17-30)26-31-18-10-5-11-19-31)41(3)37(44)35-36(38(45)46)43(28-33-22-14-7-15-23-33)39(47)42(35)27-32-20-12-6-13-21-32/h4-23,29,34-36,48H,24-28H2,1-3H3,(H,45,46)/t34?,35-,36+/m0/s1. The third-order valence-electron chi connectivity index (χ3n) is 9.20. The Hall–Kier alpha value is -4.95. The van der Waals surface area contributed by atoms with Crippen LogP contribution in [-0.2, 0) is 35.5 Å². The van der Waals surface area contributed by atoms with Gasteiger partial charge in [-0.3, -0.25) is 4.79 Å². The molecule has 3 atom stereocenters. The molecule has 5 rings (SSSR count). The van der Waals surface area contributed by atoms with Crippen LogP contribution in [0, 0.1) is 5.92 Å². The fraction of sp³-hybridized carbons (Fsp3) is 0.325. The largest absolute Gasteiger partial charge is 0.480 e. The van der Waals surface area contributed by atoms with E-state index in [9.17, 15) is 24.6 Å². The first-order valence-corrected chi connectivity index (χ1v) is 16.5. The fourth-order valence-corrected chi connectivity index (χ4v) is 6.92. The lowest BCUT2D eigenvalue weighted by atomic mass is 9.78. The molecule has 1 heterocycles. The van der Waals surface area contributed by atoms with Crippen LogP contribution in [0.2, 0.25) is 0 Å². The van der Waals surface area contributed by atoms with Crippen LogP contribution < -0.4 is 0 Å². The zero-order chi connectivity index (χ0) is 34.3. The summed E-state index contributed by atoms with van der Waals surface area (Å²) >= 11 is 0. The van der Waals surface area contributed by atoms with E-state index in [4.69, 9.17) is 0 Å². The molecule has 0 bridgehead atoms. The Morgan fingerprint density at radius 1 is 0.688 bits per heavy atom. The molecule has 2 N–H and O–H groups in total. The average molecular weight is 648 g/mol. The quantitative estimate of drug-likeness (QED) is 0.174. The Bertz CT molecular complexity index is 1610. The van der Waals surface area contributed by atoms with Crippen molar-refractivity contribution in [2.45, 2.75) is 69.9 Å². The van der Waals surface area contributed by atoms with Crippen molar-refractivity contribution in [1.82, 2.24) is 14.7 Å². The molecule has 1 saturated heterocycles. The maximum atomic E-state index is 14.9. The molecular formula is C40H45N3O5. The highest BCUT2D eigenvalue weighted by Crippen LogP contribution is 2.34. The summed E-state index contributed by atoms with van der Waals surface area (Å²) in [5, 5.41) is 23.4. The summed E-state index contributed by atoms with van der Waals surface area (Å²) in [5.41, 5.74) is 1.97. The monoisotopic (exact) mass is 647 g/mol. The van der Waals surface area contributed by atoms with Gasteiger partial charge in [-0.05, 0) is 34.6 Å². The molecule has 0 saturated carbocycles. The topological polar surface area (TPSA) is 101 Å². The average Bonchev–Trinajstić information content (AvgIpc) is 3.35. The van der Waals surface area contributed by atoms with Crippen LogP contribution in [0.5, 0.6) is 0 Å². The first-order valence-electron chi connectivity index (χ1n) is 16.5. The highest BCUT2D eigenvalue weighted by atomic mass is 16.4. The number of urea groups is 1. The third kappa shape index (κ3) is 7.94. The lowest BCUT2D eigenvalue weighted by Gasteiger charge is -2.44. The molecule has 0 radical (unpaired) electrons. The Balaban J connectivity index is 1.57. The number of carbonyl (C=O) groups is 3. The Morgan fingerprint density at radius 2 is 1.06 bits per heavy atom. The molecule has 1 aliphatic rings. The molecule has 4 aromatic rings. The van der Waals surface area contributed by atoms with E-state index in [-0.39, 0.29) is 31.8 Å². The zero-order valence-corrected chi connectivity index (χ0v) is 27.9. The van der Waals surface area contributed by atoms with E-state index in [1.54, 1.807) is 7.05 Å². The minimum Gasteiger partial charge on any atom is -0.480 e. The van der Waals surface area contributed by atoms with E-state index in [0.29, 0.717) is 6.42 Å². The molecule has 0 aliphatic carbocycles. The molecule has 1 unspecified atom stereocenters. The maximum Gasteiger partial charge on any atom is 0.329 e. The maximum absolute atomic E-state index is 14.9. The van der Waals surface area contributed by atoms with E-state index < -0.39 is 41.6 Å². The van der Waals surface area contributed by atoms with Crippen molar-refractivity contribution in [3.05, 3.63) is 144 Å². The fourth-order valence-electron chi connectivity index (χ4n) is 6.92. The Morgan fingerprint density at radius 3 is 1.44 bits per heavy atom. The number of carboxylic acids is 1. The van der Waals surface area contributed by atoms with Crippen molar-refractivity contribution in [3.63, 3.8) is 0 Å². The summed E-state index contributed by atoms with van der Waals surface area (Å²) in [6.45, 7) is 4.18. The second-order valence-corrected chi connectivity index (χ2v) is 13.3. The summed E-state index contributed by atoms with van der Waals surface area (Å²) in [7, 11) is 1.64. The van der Waals surface area contributed by atoms with Crippen LogP contribution in [0.15, 0.2) is 121 Å². The number of carbonyl (C=O) groups excluding carboxylic acids is 2. The van der Waals surface area contributed by atoms with E-state index >= 15 is 0 Å². The van der Waals surface area contributed by atoms with Gasteiger partial charge in [0.1, 0.15) is 6.04 Å². The van der Waals surface area contributed by atoms with Crippen molar-refractivity contribution in [2.75, 3.05) is 7.05 Å². The van der Waals surface area contributed by atoms with E-state index in [1.165, 1.54) is 14.7 Å².